The Hall–Kier alpha value is -0.670. The zero-order valence-electron chi connectivity index (χ0n) is 14.8. The van der Waals surface area contributed by atoms with E-state index in [0.717, 1.165) is 12.2 Å². The number of fused-ring (bicyclic) bond motifs is 1. The van der Waals surface area contributed by atoms with E-state index in [1.165, 1.54) is 35.3 Å². The summed E-state index contributed by atoms with van der Waals surface area (Å²) in [7, 11) is 0. The maximum absolute atomic E-state index is 6.32. The summed E-state index contributed by atoms with van der Waals surface area (Å²) in [6, 6.07) is 14.9. The van der Waals surface area contributed by atoms with Gasteiger partial charge in [0.1, 0.15) is 0 Å². The van der Waals surface area contributed by atoms with Crippen molar-refractivity contribution in [2.45, 2.75) is 56.0 Å². The van der Waals surface area contributed by atoms with E-state index in [2.05, 4.69) is 49.5 Å². The van der Waals surface area contributed by atoms with Crippen LogP contribution in [0, 0.1) is 0 Å². The lowest BCUT2D eigenvalue weighted by molar-refractivity contribution is 0.298. The lowest BCUT2D eigenvalue weighted by Gasteiger charge is -2.36. The maximum atomic E-state index is 6.32. The first-order valence-electron chi connectivity index (χ1n) is 9.03. The summed E-state index contributed by atoms with van der Waals surface area (Å²) in [5.74, 6) is 1.10. The van der Waals surface area contributed by atoms with Crippen LogP contribution in [0.15, 0.2) is 47.4 Å². The zero-order chi connectivity index (χ0) is 17.9. The van der Waals surface area contributed by atoms with E-state index in [0.29, 0.717) is 10.0 Å². The summed E-state index contributed by atoms with van der Waals surface area (Å²) >= 11 is 14.4. The van der Waals surface area contributed by atoms with Crippen LogP contribution in [0.1, 0.15) is 56.7 Å². The molecule has 0 fully saturated rings. The molecule has 1 nitrogen and oxygen atoms in total. The predicted molar refractivity (Wildman–Crippen MR) is 111 cm³/mol. The number of hydrogen-bond donors (Lipinski definition) is 1. The van der Waals surface area contributed by atoms with Gasteiger partial charge in [-0.3, -0.25) is 5.32 Å². The largest absolute Gasteiger partial charge is 0.300 e. The highest BCUT2D eigenvalue weighted by atomic mass is 35.5. The Morgan fingerprint density at radius 2 is 1.92 bits per heavy atom. The van der Waals surface area contributed by atoms with Crippen molar-refractivity contribution in [2.75, 3.05) is 5.75 Å². The van der Waals surface area contributed by atoms with Gasteiger partial charge >= 0.3 is 0 Å². The number of unbranched alkanes of at least 4 members (excludes halogenated alkanes) is 1. The number of rotatable bonds is 5. The summed E-state index contributed by atoms with van der Waals surface area (Å²) in [6.07, 6.45) is 4.77. The molecule has 0 spiro atoms. The minimum absolute atomic E-state index is 0.135. The van der Waals surface area contributed by atoms with Crippen molar-refractivity contribution in [1.29, 1.82) is 0 Å². The molecule has 0 amide bonds. The van der Waals surface area contributed by atoms with Crippen molar-refractivity contribution in [2.24, 2.45) is 0 Å². The quantitative estimate of drug-likeness (QED) is 0.580. The van der Waals surface area contributed by atoms with Crippen LogP contribution in [0.25, 0.3) is 0 Å². The van der Waals surface area contributed by atoms with Crippen molar-refractivity contribution < 1.29 is 0 Å². The van der Waals surface area contributed by atoms with E-state index in [9.17, 15) is 0 Å². The van der Waals surface area contributed by atoms with Crippen molar-refractivity contribution in [1.82, 2.24) is 5.32 Å². The number of benzene rings is 2. The van der Waals surface area contributed by atoms with E-state index in [1.807, 2.05) is 23.9 Å². The molecule has 2 atom stereocenters. The molecule has 2 aromatic rings. The van der Waals surface area contributed by atoms with E-state index in [1.54, 1.807) is 0 Å². The molecule has 1 aliphatic rings. The lowest BCUT2D eigenvalue weighted by atomic mass is 9.88. The SMILES string of the molecule is CCCC[C@]1(CC)CSc2ccccc2[C@H](c2ccc(Cl)c(Cl)c2)N1. The molecular weight excluding hydrogens is 369 g/mol. The normalized spacial score (nSPS) is 23.1. The molecule has 0 saturated carbocycles. The molecule has 0 bridgehead atoms. The standard InChI is InChI=1S/C21H25Cl2NS/c1-3-5-12-21(4-2)14-25-19-9-7-6-8-16(19)20(24-21)15-10-11-17(22)18(23)13-15/h6-11,13,20,24H,3-5,12,14H2,1-2H3/t20-,21+/m0/s1. The molecule has 25 heavy (non-hydrogen) atoms. The second-order valence-corrected chi connectivity index (χ2v) is 8.65. The first kappa shape index (κ1) is 19.1. The fourth-order valence-corrected chi connectivity index (χ4v) is 5.18. The Kier molecular flexibility index (Phi) is 6.38. The van der Waals surface area contributed by atoms with Gasteiger partial charge in [-0.1, -0.05) is 74.2 Å². The van der Waals surface area contributed by atoms with Gasteiger partial charge in [-0.05, 0) is 42.2 Å². The molecule has 1 heterocycles. The fraction of sp³-hybridized carbons (Fsp3) is 0.429. The van der Waals surface area contributed by atoms with Gasteiger partial charge in [0.15, 0.2) is 0 Å². The fourth-order valence-electron chi connectivity index (χ4n) is 3.49. The Balaban J connectivity index is 2.05. The first-order valence-corrected chi connectivity index (χ1v) is 10.8. The van der Waals surface area contributed by atoms with Gasteiger partial charge in [0.25, 0.3) is 0 Å². The van der Waals surface area contributed by atoms with Gasteiger partial charge in [-0.15, -0.1) is 11.8 Å². The van der Waals surface area contributed by atoms with Crippen molar-refractivity contribution in [3.63, 3.8) is 0 Å². The van der Waals surface area contributed by atoms with Gasteiger partial charge in [0.05, 0.1) is 16.1 Å². The number of halogens is 2. The summed E-state index contributed by atoms with van der Waals surface area (Å²) in [4.78, 5) is 1.36. The van der Waals surface area contributed by atoms with E-state index >= 15 is 0 Å². The number of nitrogens with one attached hydrogen (secondary N) is 1. The Labute approximate surface area is 165 Å². The Morgan fingerprint density at radius 3 is 2.64 bits per heavy atom. The van der Waals surface area contributed by atoms with Crippen LogP contribution in [0.3, 0.4) is 0 Å². The van der Waals surface area contributed by atoms with Gasteiger partial charge in [-0.2, -0.15) is 0 Å². The highest BCUT2D eigenvalue weighted by Gasteiger charge is 2.35. The summed E-state index contributed by atoms with van der Waals surface area (Å²) in [5, 5.41) is 5.23. The van der Waals surface area contributed by atoms with Crippen molar-refractivity contribution >= 4 is 35.0 Å². The van der Waals surface area contributed by atoms with Gasteiger partial charge in [0.2, 0.25) is 0 Å². The summed E-state index contributed by atoms with van der Waals surface area (Å²) in [6.45, 7) is 4.56. The molecule has 1 aliphatic heterocycles. The minimum Gasteiger partial charge on any atom is -0.300 e. The van der Waals surface area contributed by atoms with Crippen LogP contribution < -0.4 is 5.32 Å². The molecule has 0 saturated heterocycles. The molecule has 0 aliphatic carbocycles. The number of hydrogen-bond acceptors (Lipinski definition) is 2. The van der Waals surface area contributed by atoms with E-state index < -0.39 is 0 Å². The molecule has 0 aromatic heterocycles. The average molecular weight is 394 g/mol. The van der Waals surface area contributed by atoms with Crippen LogP contribution in [-0.2, 0) is 0 Å². The third kappa shape index (κ3) is 4.19. The molecule has 2 aromatic carbocycles. The van der Waals surface area contributed by atoms with Crippen LogP contribution in [-0.4, -0.2) is 11.3 Å². The molecule has 0 unspecified atom stereocenters. The van der Waals surface area contributed by atoms with Gasteiger partial charge < -0.3 is 0 Å². The highest BCUT2D eigenvalue weighted by molar-refractivity contribution is 7.99. The molecular formula is C21H25Cl2NS. The zero-order valence-corrected chi connectivity index (χ0v) is 17.1. The summed E-state index contributed by atoms with van der Waals surface area (Å²) in [5.41, 5.74) is 2.65. The molecule has 134 valence electrons. The van der Waals surface area contributed by atoms with Gasteiger partial charge in [0, 0.05) is 16.2 Å². The minimum atomic E-state index is 0.135. The van der Waals surface area contributed by atoms with Crippen molar-refractivity contribution in [3.8, 4) is 0 Å². The Bertz CT molecular complexity index is 734. The van der Waals surface area contributed by atoms with Crippen molar-refractivity contribution in [3.05, 3.63) is 63.6 Å². The highest BCUT2D eigenvalue weighted by Crippen LogP contribution is 2.41. The predicted octanol–water partition coefficient (Wildman–Crippen LogP) is 7.12. The molecule has 3 rings (SSSR count). The van der Waals surface area contributed by atoms with E-state index in [-0.39, 0.29) is 11.6 Å². The second-order valence-electron chi connectivity index (χ2n) is 6.81. The van der Waals surface area contributed by atoms with Crippen LogP contribution in [0.2, 0.25) is 10.0 Å². The average Bonchev–Trinajstić information content (AvgIpc) is 2.80. The number of thioether (sulfide) groups is 1. The van der Waals surface area contributed by atoms with Crippen LogP contribution >= 0.6 is 35.0 Å². The third-order valence-corrected chi connectivity index (χ3v) is 7.27. The lowest BCUT2D eigenvalue weighted by Crippen LogP contribution is -2.48. The molecule has 4 heteroatoms. The summed E-state index contributed by atoms with van der Waals surface area (Å²) < 4.78 is 0. The topological polar surface area (TPSA) is 12.0 Å². The molecule has 1 N–H and O–H groups in total. The van der Waals surface area contributed by atoms with Crippen LogP contribution in [0.5, 0.6) is 0 Å². The second kappa shape index (κ2) is 8.35. The first-order chi connectivity index (χ1) is 12.1. The maximum Gasteiger partial charge on any atom is 0.0595 e. The van der Waals surface area contributed by atoms with Gasteiger partial charge in [-0.25, -0.2) is 0 Å². The monoisotopic (exact) mass is 393 g/mol. The third-order valence-electron chi connectivity index (χ3n) is 5.15. The molecule has 0 radical (unpaired) electrons. The van der Waals surface area contributed by atoms with Crippen LogP contribution in [0.4, 0.5) is 0 Å². The Morgan fingerprint density at radius 1 is 1.12 bits per heavy atom. The van der Waals surface area contributed by atoms with E-state index in [4.69, 9.17) is 23.2 Å². The smallest absolute Gasteiger partial charge is 0.0595 e.